The molecule has 3 heteroatoms. The highest BCUT2D eigenvalue weighted by molar-refractivity contribution is 5.99. The van der Waals surface area contributed by atoms with Crippen LogP contribution in [0.4, 0.5) is 0 Å². The summed E-state index contributed by atoms with van der Waals surface area (Å²) in [6.45, 7) is 3.99. The molecule has 1 aliphatic carbocycles. The molecule has 1 saturated carbocycles. The molecular weight excluding hydrogens is 240 g/mol. The first kappa shape index (κ1) is 13.5. The van der Waals surface area contributed by atoms with Gasteiger partial charge in [0.2, 0.25) is 0 Å². The third kappa shape index (κ3) is 2.92. The van der Waals surface area contributed by atoms with Crippen LogP contribution in [-0.2, 0) is 9.53 Å². The van der Waals surface area contributed by atoms with E-state index >= 15 is 0 Å². The summed E-state index contributed by atoms with van der Waals surface area (Å²) >= 11 is 0. The van der Waals surface area contributed by atoms with Crippen molar-refractivity contribution >= 4 is 11.8 Å². The number of carbonyl (C=O) groups is 2. The van der Waals surface area contributed by atoms with Gasteiger partial charge in [-0.2, -0.15) is 0 Å². The van der Waals surface area contributed by atoms with E-state index in [9.17, 15) is 9.59 Å². The van der Waals surface area contributed by atoms with Gasteiger partial charge in [-0.15, -0.1) is 0 Å². The van der Waals surface area contributed by atoms with Crippen molar-refractivity contribution in [3.63, 3.8) is 0 Å². The molecule has 19 heavy (non-hydrogen) atoms. The molecule has 1 aromatic carbocycles. The first-order valence-corrected chi connectivity index (χ1v) is 6.48. The molecule has 2 rings (SSSR count). The predicted octanol–water partition coefficient (Wildman–Crippen LogP) is 3.01. The number of carbonyl (C=O) groups excluding carboxylic acids is 2. The molecule has 0 N–H and O–H groups in total. The zero-order chi connectivity index (χ0) is 13.8. The summed E-state index contributed by atoms with van der Waals surface area (Å²) in [5.41, 5.74) is 1.60. The highest BCUT2D eigenvalue weighted by Crippen LogP contribution is 2.35. The first-order valence-electron chi connectivity index (χ1n) is 6.48. The highest BCUT2D eigenvalue weighted by atomic mass is 16.5. The average molecular weight is 258 g/mol. The lowest BCUT2D eigenvalue weighted by molar-refractivity contribution is -0.146. The molecule has 0 unspecified atom stereocenters. The van der Waals surface area contributed by atoms with Crippen molar-refractivity contribution in [2.75, 3.05) is 7.11 Å². The molecule has 0 radical (unpaired) electrons. The molecule has 1 aromatic rings. The molecule has 100 valence electrons. The Morgan fingerprint density at radius 2 is 1.95 bits per heavy atom. The van der Waals surface area contributed by atoms with Crippen LogP contribution in [-0.4, -0.2) is 18.9 Å². The Balaban J connectivity index is 2.15. The SMILES string of the molecule is C=C1CC[C@@H](C(=O)OC)C[C@@H]1C(=O)c1ccccc1. The smallest absolute Gasteiger partial charge is 0.308 e. The molecule has 0 amide bonds. The van der Waals surface area contributed by atoms with Gasteiger partial charge < -0.3 is 4.74 Å². The van der Waals surface area contributed by atoms with Gasteiger partial charge in [-0.1, -0.05) is 42.5 Å². The van der Waals surface area contributed by atoms with E-state index in [1.807, 2.05) is 18.2 Å². The maximum absolute atomic E-state index is 12.5. The second-order valence-electron chi connectivity index (χ2n) is 4.94. The van der Waals surface area contributed by atoms with E-state index in [0.29, 0.717) is 18.4 Å². The molecular formula is C16H18O3. The van der Waals surface area contributed by atoms with Crippen molar-refractivity contribution in [1.29, 1.82) is 0 Å². The van der Waals surface area contributed by atoms with Crippen LogP contribution in [0.5, 0.6) is 0 Å². The number of allylic oxidation sites excluding steroid dienone is 1. The minimum atomic E-state index is -0.264. The molecule has 1 fully saturated rings. The van der Waals surface area contributed by atoms with Gasteiger partial charge in [-0.05, 0) is 19.3 Å². The Hall–Kier alpha value is -1.90. The van der Waals surface area contributed by atoms with Gasteiger partial charge in [0.05, 0.1) is 13.0 Å². The Labute approximate surface area is 113 Å². The number of Topliss-reactive ketones (excluding diaryl/α,β-unsaturated/α-hetero) is 1. The largest absolute Gasteiger partial charge is 0.469 e. The monoisotopic (exact) mass is 258 g/mol. The number of ketones is 1. The first-order chi connectivity index (χ1) is 9.13. The van der Waals surface area contributed by atoms with E-state index in [2.05, 4.69) is 6.58 Å². The number of hydrogen-bond donors (Lipinski definition) is 0. The van der Waals surface area contributed by atoms with Crippen molar-refractivity contribution in [2.45, 2.75) is 19.3 Å². The third-order valence-corrected chi connectivity index (χ3v) is 3.74. The molecule has 2 atom stereocenters. The van der Waals surface area contributed by atoms with Gasteiger partial charge >= 0.3 is 5.97 Å². The Morgan fingerprint density at radius 3 is 2.58 bits per heavy atom. The second kappa shape index (κ2) is 5.83. The van der Waals surface area contributed by atoms with Crippen molar-refractivity contribution in [2.24, 2.45) is 11.8 Å². The van der Waals surface area contributed by atoms with Crippen molar-refractivity contribution in [1.82, 2.24) is 0 Å². The van der Waals surface area contributed by atoms with E-state index in [1.165, 1.54) is 7.11 Å². The van der Waals surface area contributed by atoms with Gasteiger partial charge in [-0.3, -0.25) is 9.59 Å². The van der Waals surface area contributed by atoms with Crippen molar-refractivity contribution < 1.29 is 14.3 Å². The van der Waals surface area contributed by atoms with Crippen LogP contribution < -0.4 is 0 Å². The molecule has 1 aliphatic rings. The van der Waals surface area contributed by atoms with E-state index in [1.54, 1.807) is 12.1 Å². The van der Waals surface area contributed by atoms with Crippen LogP contribution in [0.1, 0.15) is 29.6 Å². The molecule has 0 aromatic heterocycles. The minimum absolute atomic E-state index is 0.0548. The van der Waals surface area contributed by atoms with E-state index in [-0.39, 0.29) is 23.6 Å². The Morgan fingerprint density at radius 1 is 1.26 bits per heavy atom. The van der Waals surface area contributed by atoms with Crippen molar-refractivity contribution in [3.05, 3.63) is 48.0 Å². The molecule has 0 saturated heterocycles. The average Bonchev–Trinajstić information content (AvgIpc) is 2.47. The number of esters is 1. The standard InChI is InChI=1S/C16H18O3/c1-11-8-9-13(16(18)19-2)10-14(11)15(17)12-6-4-3-5-7-12/h3-7,13-14H,1,8-10H2,2H3/t13-,14+/m1/s1. The third-order valence-electron chi connectivity index (χ3n) is 3.74. The number of rotatable bonds is 3. The number of hydrogen-bond acceptors (Lipinski definition) is 3. The quantitative estimate of drug-likeness (QED) is 0.475. The number of methoxy groups -OCH3 is 1. The summed E-state index contributed by atoms with van der Waals surface area (Å²) in [4.78, 5) is 24.1. The lowest BCUT2D eigenvalue weighted by Gasteiger charge is -2.28. The fourth-order valence-electron chi connectivity index (χ4n) is 2.58. The van der Waals surface area contributed by atoms with Gasteiger partial charge in [0, 0.05) is 11.5 Å². The summed E-state index contributed by atoms with van der Waals surface area (Å²) in [6, 6.07) is 9.17. The Bertz CT molecular complexity index is 490. The van der Waals surface area contributed by atoms with Crippen LogP contribution in [0, 0.1) is 11.8 Å². The molecule has 3 nitrogen and oxygen atoms in total. The zero-order valence-corrected chi connectivity index (χ0v) is 11.1. The van der Waals surface area contributed by atoms with Crippen LogP contribution in [0.2, 0.25) is 0 Å². The number of benzene rings is 1. The van der Waals surface area contributed by atoms with E-state index in [0.717, 1.165) is 12.0 Å². The van der Waals surface area contributed by atoms with Crippen LogP contribution in [0.25, 0.3) is 0 Å². The Kier molecular flexibility index (Phi) is 4.15. The van der Waals surface area contributed by atoms with Gasteiger partial charge in [0.15, 0.2) is 5.78 Å². The van der Waals surface area contributed by atoms with Gasteiger partial charge in [-0.25, -0.2) is 0 Å². The molecule has 0 spiro atoms. The lowest BCUT2D eigenvalue weighted by atomic mass is 9.75. The van der Waals surface area contributed by atoms with Crippen LogP contribution in [0.3, 0.4) is 0 Å². The normalized spacial score (nSPS) is 22.9. The molecule has 0 heterocycles. The van der Waals surface area contributed by atoms with Crippen LogP contribution >= 0.6 is 0 Å². The minimum Gasteiger partial charge on any atom is -0.469 e. The topological polar surface area (TPSA) is 43.4 Å². The van der Waals surface area contributed by atoms with E-state index < -0.39 is 0 Å². The molecule has 0 bridgehead atoms. The highest BCUT2D eigenvalue weighted by Gasteiger charge is 2.34. The fraction of sp³-hybridized carbons (Fsp3) is 0.375. The fourth-order valence-corrected chi connectivity index (χ4v) is 2.58. The zero-order valence-electron chi connectivity index (χ0n) is 11.1. The van der Waals surface area contributed by atoms with Gasteiger partial charge in [0.25, 0.3) is 0 Å². The summed E-state index contributed by atoms with van der Waals surface area (Å²) in [7, 11) is 1.39. The predicted molar refractivity (Wildman–Crippen MR) is 72.8 cm³/mol. The maximum atomic E-state index is 12.5. The van der Waals surface area contributed by atoms with E-state index in [4.69, 9.17) is 4.74 Å². The van der Waals surface area contributed by atoms with Crippen LogP contribution in [0.15, 0.2) is 42.5 Å². The van der Waals surface area contributed by atoms with Gasteiger partial charge in [0.1, 0.15) is 0 Å². The maximum Gasteiger partial charge on any atom is 0.308 e. The summed E-state index contributed by atoms with van der Waals surface area (Å²) in [6.07, 6.45) is 1.95. The molecule has 0 aliphatic heterocycles. The summed E-state index contributed by atoms with van der Waals surface area (Å²) < 4.78 is 4.78. The van der Waals surface area contributed by atoms with Crippen molar-refractivity contribution in [3.8, 4) is 0 Å². The lowest BCUT2D eigenvalue weighted by Crippen LogP contribution is -2.29. The number of ether oxygens (including phenoxy) is 1. The summed E-state index contributed by atoms with van der Waals surface area (Å²) in [5.74, 6) is -0.619. The second-order valence-corrected chi connectivity index (χ2v) is 4.94. The summed E-state index contributed by atoms with van der Waals surface area (Å²) in [5, 5.41) is 0.